The molecule has 2 atom stereocenters. The minimum atomic E-state index is -0.0714. The van der Waals surface area contributed by atoms with Gasteiger partial charge in [0, 0.05) is 10.8 Å². The lowest BCUT2D eigenvalue weighted by Crippen LogP contribution is -2.55. The fraction of sp³-hybridized carbons (Fsp3) is 1.00. The summed E-state index contributed by atoms with van der Waals surface area (Å²) < 4.78 is 11.8. The van der Waals surface area contributed by atoms with E-state index in [9.17, 15) is 0 Å². The number of hydrogen-bond acceptors (Lipinski definition) is 2. The van der Waals surface area contributed by atoms with E-state index < -0.39 is 0 Å². The summed E-state index contributed by atoms with van der Waals surface area (Å²) in [7, 11) is 0. The number of halogens is 1. The predicted octanol–water partition coefficient (Wildman–Crippen LogP) is 4.54. The summed E-state index contributed by atoms with van der Waals surface area (Å²) in [6.45, 7) is 7.63. The average molecular weight is 289 g/mol. The highest BCUT2D eigenvalue weighted by Crippen LogP contribution is 2.54. The van der Waals surface area contributed by atoms with Gasteiger partial charge in [-0.05, 0) is 40.0 Å². The third-order valence-corrected chi connectivity index (χ3v) is 5.27. The second-order valence-corrected chi connectivity index (χ2v) is 7.70. The molecule has 2 rings (SSSR count). The Bertz CT molecular complexity index is 277. The first-order chi connectivity index (χ1) is 8.94. The Morgan fingerprint density at radius 2 is 1.68 bits per heavy atom. The van der Waals surface area contributed by atoms with E-state index in [1.165, 1.54) is 38.5 Å². The summed E-state index contributed by atoms with van der Waals surface area (Å²) in [5.74, 6) is 0. The van der Waals surface area contributed by atoms with Crippen molar-refractivity contribution >= 4 is 11.6 Å². The van der Waals surface area contributed by atoms with Crippen molar-refractivity contribution in [1.82, 2.24) is 0 Å². The van der Waals surface area contributed by atoms with E-state index in [2.05, 4.69) is 20.8 Å². The highest BCUT2D eigenvalue weighted by molar-refractivity contribution is 6.21. The zero-order chi connectivity index (χ0) is 13.9. The third-order valence-electron chi connectivity index (χ3n) is 4.66. The van der Waals surface area contributed by atoms with Crippen LogP contribution in [-0.4, -0.2) is 30.3 Å². The molecule has 0 bridgehead atoms. The lowest BCUT2D eigenvalue weighted by atomic mass is 9.61. The van der Waals surface area contributed by atoms with Crippen LogP contribution in [0.5, 0.6) is 0 Å². The Morgan fingerprint density at radius 3 is 2.21 bits per heavy atom. The third kappa shape index (κ3) is 3.86. The Kier molecular flexibility index (Phi) is 5.19. The highest BCUT2D eigenvalue weighted by Gasteiger charge is 2.54. The lowest BCUT2D eigenvalue weighted by molar-refractivity contribution is -0.134. The molecule has 1 spiro atoms. The van der Waals surface area contributed by atoms with Gasteiger partial charge in [0.15, 0.2) is 0 Å². The lowest BCUT2D eigenvalue weighted by Gasteiger charge is -2.53. The van der Waals surface area contributed by atoms with Crippen molar-refractivity contribution in [3.63, 3.8) is 0 Å². The topological polar surface area (TPSA) is 18.5 Å². The van der Waals surface area contributed by atoms with Crippen LogP contribution in [0.15, 0.2) is 0 Å². The first-order valence-corrected chi connectivity index (χ1v) is 8.27. The molecule has 0 aromatic carbocycles. The SMILES string of the molecule is CC(C)(C)OCCOC1CC(Cl)C12CCCCCC2. The van der Waals surface area contributed by atoms with E-state index in [0.717, 1.165) is 6.42 Å². The molecule has 0 radical (unpaired) electrons. The summed E-state index contributed by atoms with van der Waals surface area (Å²) in [6.07, 6.45) is 9.28. The van der Waals surface area contributed by atoms with Gasteiger partial charge >= 0.3 is 0 Å². The van der Waals surface area contributed by atoms with E-state index in [1.54, 1.807) is 0 Å². The van der Waals surface area contributed by atoms with Crippen LogP contribution < -0.4 is 0 Å². The van der Waals surface area contributed by atoms with Crippen molar-refractivity contribution in [3.8, 4) is 0 Å². The van der Waals surface area contributed by atoms with Crippen LogP contribution in [0.3, 0.4) is 0 Å². The van der Waals surface area contributed by atoms with Crippen molar-refractivity contribution < 1.29 is 9.47 Å². The molecule has 2 aliphatic carbocycles. The van der Waals surface area contributed by atoms with Crippen LogP contribution in [0.1, 0.15) is 65.7 Å². The molecule has 0 aromatic heterocycles. The van der Waals surface area contributed by atoms with Crippen molar-refractivity contribution in [2.75, 3.05) is 13.2 Å². The molecule has 2 saturated carbocycles. The number of alkyl halides is 1. The second kappa shape index (κ2) is 6.32. The van der Waals surface area contributed by atoms with Gasteiger partial charge < -0.3 is 9.47 Å². The van der Waals surface area contributed by atoms with Crippen LogP contribution >= 0.6 is 11.6 Å². The summed E-state index contributed by atoms with van der Waals surface area (Å²) in [5.41, 5.74) is 0.206. The first-order valence-electron chi connectivity index (χ1n) is 7.84. The zero-order valence-electron chi connectivity index (χ0n) is 12.7. The molecule has 2 fully saturated rings. The predicted molar refractivity (Wildman–Crippen MR) is 79.8 cm³/mol. The van der Waals surface area contributed by atoms with Gasteiger partial charge in [0.1, 0.15) is 0 Å². The van der Waals surface area contributed by atoms with Crippen molar-refractivity contribution in [2.24, 2.45) is 5.41 Å². The van der Waals surface area contributed by atoms with Gasteiger partial charge in [0.2, 0.25) is 0 Å². The Labute approximate surface area is 123 Å². The minimum absolute atomic E-state index is 0.0714. The molecular formula is C16H29ClO2. The number of rotatable bonds is 4. The molecule has 2 unspecified atom stereocenters. The van der Waals surface area contributed by atoms with Crippen LogP contribution in [0.2, 0.25) is 0 Å². The van der Waals surface area contributed by atoms with E-state index >= 15 is 0 Å². The normalized spacial score (nSPS) is 30.9. The van der Waals surface area contributed by atoms with E-state index in [-0.39, 0.29) is 11.0 Å². The molecule has 3 heteroatoms. The van der Waals surface area contributed by atoms with Crippen LogP contribution in [-0.2, 0) is 9.47 Å². The van der Waals surface area contributed by atoms with Crippen molar-refractivity contribution in [2.45, 2.75) is 82.8 Å². The molecule has 19 heavy (non-hydrogen) atoms. The molecule has 112 valence electrons. The number of ether oxygens (including phenoxy) is 2. The summed E-state index contributed by atoms with van der Waals surface area (Å²) in [5, 5.41) is 0.333. The Balaban J connectivity index is 1.77. The standard InChI is InChI=1S/C16H29ClO2/c1-15(2,3)19-11-10-18-14-12-13(17)16(14)8-6-4-5-7-9-16/h13-14H,4-12H2,1-3H3. The maximum absolute atomic E-state index is 6.53. The van der Waals surface area contributed by atoms with E-state index in [0.29, 0.717) is 24.7 Å². The monoisotopic (exact) mass is 288 g/mol. The Morgan fingerprint density at radius 1 is 1.05 bits per heavy atom. The zero-order valence-corrected chi connectivity index (χ0v) is 13.5. The smallest absolute Gasteiger partial charge is 0.0707 e. The van der Waals surface area contributed by atoms with Gasteiger partial charge in [-0.15, -0.1) is 11.6 Å². The fourth-order valence-electron chi connectivity index (χ4n) is 3.49. The molecule has 2 nitrogen and oxygen atoms in total. The van der Waals surface area contributed by atoms with Crippen molar-refractivity contribution in [3.05, 3.63) is 0 Å². The first kappa shape index (κ1) is 15.6. The number of hydrogen-bond donors (Lipinski definition) is 0. The molecule has 0 amide bonds. The average Bonchev–Trinajstić information content (AvgIpc) is 2.59. The van der Waals surface area contributed by atoms with Gasteiger partial charge in [-0.3, -0.25) is 0 Å². The van der Waals surface area contributed by atoms with E-state index in [1.807, 2.05) is 0 Å². The maximum atomic E-state index is 6.53. The molecule has 0 saturated heterocycles. The van der Waals surface area contributed by atoms with Gasteiger partial charge in [-0.2, -0.15) is 0 Å². The van der Waals surface area contributed by atoms with Gasteiger partial charge in [0.05, 0.1) is 24.9 Å². The molecular weight excluding hydrogens is 260 g/mol. The fourth-order valence-corrected chi connectivity index (χ4v) is 4.01. The molecule has 0 aliphatic heterocycles. The largest absolute Gasteiger partial charge is 0.375 e. The van der Waals surface area contributed by atoms with Gasteiger partial charge in [0.25, 0.3) is 0 Å². The summed E-state index contributed by atoms with van der Waals surface area (Å²) in [4.78, 5) is 0. The maximum Gasteiger partial charge on any atom is 0.0707 e. The van der Waals surface area contributed by atoms with Gasteiger partial charge in [-0.25, -0.2) is 0 Å². The van der Waals surface area contributed by atoms with E-state index in [4.69, 9.17) is 21.1 Å². The van der Waals surface area contributed by atoms with Crippen LogP contribution in [0.4, 0.5) is 0 Å². The summed E-state index contributed by atoms with van der Waals surface area (Å²) in [6, 6.07) is 0. The quantitative estimate of drug-likeness (QED) is 0.558. The molecule has 0 N–H and O–H groups in total. The highest BCUT2D eigenvalue weighted by atomic mass is 35.5. The second-order valence-electron chi connectivity index (χ2n) is 7.17. The van der Waals surface area contributed by atoms with Gasteiger partial charge in [-0.1, -0.05) is 25.7 Å². The minimum Gasteiger partial charge on any atom is -0.375 e. The summed E-state index contributed by atoms with van der Waals surface area (Å²) >= 11 is 6.53. The van der Waals surface area contributed by atoms with Crippen LogP contribution in [0, 0.1) is 5.41 Å². The van der Waals surface area contributed by atoms with Crippen LogP contribution in [0.25, 0.3) is 0 Å². The molecule has 0 aromatic rings. The van der Waals surface area contributed by atoms with Crippen molar-refractivity contribution in [1.29, 1.82) is 0 Å². The molecule has 0 heterocycles. The Hall–Kier alpha value is 0.210. The molecule has 2 aliphatic rings.